The monoisotopic (exact) mass is 189 g/mol. The van der Waals surface area contributed by atoms with Crippen molar-refractivity contribution in [3.8, 4) is 5.75 Å². The molecule has 0 aliphatic heterocycles. The second-order valence-corrected chi connectivity index (χ2v) is 3.50. The van der Waals surface area contributed by atoms with Crippen molar-refractivity contribution in [1.29, 1.82) is 0 Å². The number of allylic oxidation sites excluding steroid dienone is 1. The van der Waals surface area contributed by atoms with Crippen LogP contribution in [0.25, 0.3) is 5.57 Å². The zero-order valence-corrected chi connectivity index (χ0v) is 8.42. The maximum absolute atomic E-state index is 5.56. The first-order valence-electron chi connectivity index (χ1n) is 4.91. The molecule has 0 saturated heterocycles. The molecule has 0 atom stereocenters. The molecule has 1 aliphatic carbocycles. The molecular formula is C12H15NO. The van der Waals surface area contributed by atoms with Crippen molar-refractivity contribution in [3.05, 3.63) is 35.4 Å². The summed E-state index contributed by atoms with van der Waals surface area (Å²) in [5.41, 5.74) is 9.62. The SMILES string of the molecule is COc1ccc2c(c1)C(CCN)=CC2. The number of nitrogens with two attached hydrogens (primary N) is 1. The summed E-state index contributed by atoms with van der Waals surface area (Å²) in [4.78, 5) is 0. The minimum atomic E-state index is 0.711. The summed E-state index contributed by atoms with van der Waals surface area (Å²) < 4.78 is 5.21. The molecule has 0 unspecified atom stereocenters. The molecule has 1 aromatic rings. The lowest BCUT2D eigenvalue weighted by Gasteiger charge is -2.06. The highest BCUT2D eigenvalue weighted by atomic mass is 16.5. The zero-order valence-electron chi connectivity index (χ0n) is 8.42. The average molecular weight is 189 g/mol. The Bertz CT molecular complexity index is 369. The van der Waals surface area contributed by atoms with Crippen LogP contribution in [0.3, 0.4) is 0 Å². The fraction of sp³-hybridized carbons (Fsp3) is 0.333. The van der Waals surface area contributed by atoms with E-state index < -0.39 is 0 Å². The summed E-state index contributed by atoms with van der Waals surface area (Å²) in [5, 5.41) is 0. The Morgan fingerprint density at radius 1 is 1.43 bits per heavy atom. The number of benzene rings is 1. The van der Waals surface area contributed by atoms with Gasteiger partial charge in [0, 0.05) is 0 Å². The van der Waals surface area contributed by atoms with Crippen molar-refractivity contribution in [1.82, 2.24) is 0 Å². The van der Waals surface area contributed by atoms with E-state index in [1.54, 1.807) is 7.11 Å². The smallest absolute Gasteiger partial charge is 0.119 e. The van der Waals surface area contributed by atoms with Crippen molar-refractivity contribution < 1.29 is 4.74 Å². The third-order valence-electron chi connectivity index (χ3n) is 2.65. The van der Waals surface area contributed by atoms with Crippen LogP contribution in [-0.4, -0.2) is 13.7 Å². The van der Waals surface area contributed by atoms with E-state index in [2.05, 4.69) is 18.2 Å². The Kier molecular flexibility index (Phi) is 2.55. The zero-order chi connectivity index (χ0) is 9.97. The first-order chi connectivity index (χ1) is 6.85. The summed E-state index contributed by atoms with van der Waals surface area (Å²) in [6.07, 6.45) is 4.26. The molecule has 1 aliphatic rings. The van der Waals surface area contributed by atoms with E-state index in [0.29, 0.717) is 6.54 Å². The maximum atomic E-state index is 5.56. The maximum Gasteiger partial charge on any atom is 0.119 e. The van der Waals surface area contributed by atoms with E-state index in [-0.39, 0.29) is 0 Å². The molecule has 0 amide bonds. The van der Waals surface area contributed by atoms with Gasteiger partial charge in [0.25, 0.3) is 0 Å². The van der Waals surface area contributed by atoms with Crippen molar-refractivity contribution in [2.24, 2.45) is 5.73 Å². The van der Waals surface area contributed by atoms with Gasteiger partial charge < -0.3 is 10.5 Å². The number of ether oxygens (including phenoxy) is 1. The van der Waals surface area contributed by atoms with Gasteiger partial charge in [-0.25, -0.2) is 0 Å². The van der Waals surface area contributed by atoms with Gasteiger partial charge in [-0.1, -0.05) is 12.1 Å². The summed E-state index contributed by atoms with van der Waals surface area (Å²) >= 11 is 0. The second-order valence-electron chi connectivity index (χ2n) is 3.50. The van der Waals surface area contributed by atoms with Gasteiger partial charge in [0.1, 0.15) is 5.75 Å². The molecule has 0 heterocycles. The van der Waals surface area contributed by atoms with E-state index in [1.165, 1.54) is 16.7 Å². The van der Waals surface area contributed by atoms with Gasteiger partial charge in [-0.3, -0.25) is 0 Å². The number of hydrogen-bond donors (Lipinski definition) is 1. The molecule has 0 spiro atoms. The Hall–Kier alpha value is -1.28. The Balaban J connectivity index is 2.33. The van der Waals surface area contributed by atoms with Crippen molar-refractivity contribution in [3.63, 3.8) is 0 Å². The number of methoxy groups -OCH3 is 1. The van der Waals surface area contributed by atoms with Crippen molar-refractivity contribution in [2.45, 2.75) is 12.8 Å². The lowest BCUT2D eigenvalue weighted by Crippen LogP contribution is -1.99. The van der Waals surface area contributed by atoms with Gasteiger partial charge in [-0.2, -0.15) is 0 Å². The average Bonchev–Trinajstić information content (AvgIpc) is 2.61. The molecule has 14 heavy (non-hydrogen) atoms. The normalized spacial score (nSPS) is 13.7. The third kappa shape index (κ3) is 1.53. The lowest BCUT2D eigenvalue weighted by molar-refractivity contribution is 0.414. The minimum Gasteiger partial charge on any atom is -0.497 e. The number of rotatable bonds is 3. The Morgan fingerprint density at radius 3 is 3.00 bits per heavy atom. The van der Waals surface area contributed by atoms with Crippen LogP contribution in [0, 0.1) is 0 Å². The van der Waals surface area contributed by atoms with Gasteiger partial charge in [-0.05, 0) is 48.2 Å². The summed E-state index contributed by atoms with van der Waals surface area (Å²) in [6.45, 7) is 0.711. The van der Waals surface area contributed by atoms with Crippen LogP contribution in [0.4, 0.5) is 0 Å². The molecule has 2 N–H and O–H groups in total. The molecule has 2 rings (SSSR count). The van der Waals surface area contributed by atoms with Crippen LogP contribution < -0.4 is 10.5 Å². The van der Waals surface area contributed by atoms with Crippen LogP contribution >= 0.6 is 0 Å². The van der Waals surface area contributed by atoms with E-state index >= 15 is 0 Å². The van der Waals surface area contributed by atoms with Crippen LogP contribution in [0.1, 0.15) is 17.5 Å². The molecular weight excluding hydrogens is 174 g/mol. The quantitative estimate of drug-likeness (QED) is 0.789. The van der Waals surface area contributed by atoms with Gasteiger partial charge >= 0.3 is 0 Å². The van der Waals surface area contributed by atoms with Crippen LogP contribution in [-0.2, 0) is 6.42 Å². The molecule has 0 radical (unpaired) electrons. The first-order valence-corrected chi connectivity index (χ1v) is 4.91. The summed E-state index contributed by atoms with van der Waals surface area (Å²) in [5.74, 6) is 0.925. The Morgan fingerprint density at radius 2 is 2.29 bits per heavy atom. The fourth-order valence-corrected chi connectivity index (χ4v) is 1.89. The van der Waals surface area contributed by atoms with Crippen molar-refractivity contribution >= 4 is 5.57 Å². The molecule has 0 aromatic heterocycles. The molecule has 74 valence electrons. The largest absolute Gasteiger partial charge is 0.497 e. The van der Waals surface area contributed by atoms with E-state index in [4.69, 9.17) is 10.5 Å². The molecule has 0 bridgehead atoms. The van der Waals surface area contributed by atoms with E-state index in [1.807, 2.05) is 6.07 Å². The first kappa shape index (κ1) is 9.28. The van der Waals surface area contributed by atoms with Gasteiger partial charge in [0.05, 0.1) is 7.11 Å². The van der Waals surface area contributed by atoms with Gasteiger partial charge in [0.2, 0.25) is 0 Å². The second kappa shape index (κ2) is 3.84. The molecule has 1 aromatic carbocycles. The van der Waals surface area contributed by atoms with Crippen LogP contribution in [0.2, 0.25) is 0 Å². The molecule has 2 nitrogen and oxygen atoms in total. The number of hydrogen-bond acceptors (Lipinski definition) is 2. The summed E-state index contributed by atoms with van der Waals surface area (Å²) in [6, 6.07) is 6.25. The predicted molar refractivity (Wildman–Crippen MR) is 58.3 cm³/mol. The fourth-order valence-electron chi connectivity index (χ4n) is 1.89. The highest BCUT2D eigenvalue weighted by molar-refractivity contribution is 5.74. The van der Waals surface area contributed by atoms with Crippen molar-refractivity contribution in [2.75, 3.05) is 13.7 Å². The standard InChI is InChI=1S/C12H15NO/c1-14-11-5-4-9-2-3-10(6-7-13)12(9)8-11/h3-5,8H,2,6-7,13H2,1H3. The van der Waals surface area contributed by atoms with Gasteiger partial charge in [-0.15, -0.1) is 0 Å². The van der Waals surface area contributed by atoms with E-state index in [0.717, 1.165) is 18.6 Å². The number of fused-ring (bicyclic) bond motifs is 1. The minimum absolute atomic E-state index is 0.711. The topological polar surface area (TPSA) is 35.2 Å². The predicted octanol–water partition coefficient (Wildman–Crippen LogP) is 1.98. The highest BCUT2D eigenvalue weighted by Gasteiger charge is 2.13. The van der Waals surface area contributed by atoms with Crippen LogP contribution in [0.15, 0.2) is 24.3 Å². The van der Waals surface area contributed by atoms with E-state index in [9.17, 15) is 0 Å². The summed E-state index contributed by atoms with van der Waals surface area (Å²) in [7, 11) is 1.70. The molecule has 2 heteroatoms. The lowest BCUT2D eigenvalue weighted by atomic mass is 10.0. The van der Waals surface area contributed by atoms with Crippen LogP contribution in [0.5, 0.6) is 5.75 Å². The van der Waals surface area contributed by atoms with Gasteiger partial charge in [0.15, 0.2) is 0 Å². The Labute approximate surface area is 84.4 Å². The highest BCUT2D eigenvalue weighted by Crippen LogP contribution is 2.32. The third-order valence-corrected chi connectivity index (χ3v) is 2.65. The molecule has 0 fully saturated rings. The molecule has 0 saturated carbocycles.